The Balaban J connectivity index is 1.79. The summed E-state index contributed by atoms with van der Waals surface area (Å²) in [6, 6.07) is 8.53. The summed E-state index contributed by atoms with van der Waals surface area (Å²) in [5.74, 6) is -1.93. The number of ether oxygens (including phenoxy) is 1. The number of carboxylic acid groups (broad SMARTS) is 1. The number of benzene rings is 1. The molecule has 9 nitrogen and oxygen atoms in total. The third-order valence-electron chi connectivity index (χ3n) is 3.63. The van der Waals surface area contributed by atoms with Crippen LogP contribution in [0.2, 0.25) is 0 Å². The highest BCUT2D eigenvalue weighted by Crippen LogP contribution is 2.19. The maximum absolute atomic E-state index is 12.6. The van der Waals surface area contributed by atoms with Gasteiger partial charge in [-0.3, -0.25) is 19.8 Å². The van der Waals surface area contributed by atoms with Crippen molar-refractivity contribution in [2.45, 2.75) is 6.54 Å². The van der Waals surface area contributed by atoms with Crippen molar-refractivity contribution in [3.63, 3.8) is 0 Å². The van der Waals surface area contributed by atoms with E-state index >= 15 is 0 Å². The van der Waals surface area contributed by atoms with Crippen LogP contribution in [0.25, 0.3) is 6.08 Å². The van der Waals surface area contributed by atoms with Gasteiger partial charge in [-0.25, -0.2) is 9.59 Å². The van der Waals surface area contributed by atoms with E-state index in [1.165, 1.54) is 24.5 Å². The second-order valence-electron chi connectivity index (χ2n) is 5.54. The molecule has 0 bridgehead atoms. The number of nitrogens with one attached hydrogen (secondary N) is 1. The molecule has 1 fully saturated rings. The third kappa shape index (κ3) is 4.21. The minimum Gasteiger partial charge on any atom is -0.482 e. The number of hydrogen-bond acceptors (Lipinski definition) is 6. The number of hydrogen-bond donors (Lipinski definition) is 2. The van der Waals surface area contributed by atoms with Gasteiger partial charge >= 0.3 is 12.0 Å². The van der Waals surface area contributed by atoms with E-state index in [1.54, 1.807) is 24.3 Å². The number of barbiturate groups is 1. The van der Waals surface area contributed by atoms with Crippen molar-refractivity contribution in [2.75, 3.05) is 6.61 Å². The van der Waals surface area contributed by atoms with Crippen molar-refractivity contribution in [3.8, 4) is 5.75 Å². The molecule has 4 amide bonds. The van der Waals surface area contributed by atoms with Gasteiger partial charge in [0, 0.05) is 0 Å². The Hall–Kier alpha value is -3.88. The Kier molecular flexibility index (Phi) is 5.02. The number of aliphatic carboxylic acids is 1. The number of carbonyl (C=O) groups excluding carboxylic acids is 3. The van der Waals surface area contributed by atoms with E-state index in [0.717, 1.165) is 4.90 Å². The molecule has 3 rings (SSSR count). The molecule has 0 aliphatic carbocycles. The van der Waals surface area contributed by atoms with Gasteiger partial charge in [-0.15, -0.1) is 0 Å². The van der Waals surface area contributed by atoms with Gasteiger partial charge in [0.15, 0.2) is 6.61 Å². The van der Waals surface area contributed by atoms with Crippen molar-refractivity contribution in [3.05, 3.63) is 59.6 Å². The Labute approximate surface area is 152 Å². The Morgan fingerprint density at radius 2 is 1.93 bits per heavy atom. The van der Waals surface area contributed by atoms with E-state index in [-0.39, 0.29) is 12.1 Å². The summed E-state index contributed by atoms with van der Waals surface area (Å²) in [5, 5.41) is 10.7. The summed E-state index contributed by atoms with van der Waals surface area (Å²) in [5.41, 5.74) is 0.295. The number of amides is 4. The number of carboxylic acids is 1. The molecule has 2 aromatic rings. The lowest BCUT2D eigenvalue weighted by Crippen LogP contribution is -2.53. The molecule has 2 N–H and O–H groups in total. The van der Waals surface area contributed by atoms with Crippen LogP contribution in [0, 0.1) is 0 Å². The van der Waals surface area contributed by atoms with Gasteiger partial charge in [-0.05, 0) is 35.9 Å². The molecular weight excluding hydrogens is 356 g/mol. The number of rotatable bonds is 6. The van der Waals surface area contributed by atoms with Crippen LogP contribution in [-0.2, 0) is 20.9 Å². The number of carbonyl (C=O) groups is 4. The van der Waals surface area contributed by atoms with E-state index < -0.39 is 30.4 Å². The highest BCUT2D eigenvalue weighted by atomic mass is 16.5. The van der Waals surface area contributed by atoms with Crippen LogP contribution >= 0.6 is 0 Å². The summed E-state index contributed by atoms with van der Waals surface area (Å²) < 4.78 is 10.1. The maximum atomic E-state index is 12.6. The number of furan rings is 1. The van der Waals surface area contributed by atoms with Crippen LogP contribution in [0.3, 0.4) is 0 Å². The molecule has 9 heteroatoms. The molecule has 2 heterocycles. The lowest BCUT2D eigenvalue weighted by Gasteiger charge is -2.25. The molecule has 27 heavy (non-hydrogen) atoms. The molecule has 1 aliphatic rings. The first-order chi connectivity index (χ1) is 12.9. The molecule has 1 aliphatic heterocycles. The van der Waals surface area contributed by atoms with E-state index in [9.17, 15) is 19.2 Å². The maximum Gasteiger partial charge on any atom is 0.341 e. The first-order valence-electron chi connectivity index (χ1n) is 7.80. The van der Waals surface area contributed by atoms with Crippen LogP contribution in [0.4, 0.5) is 4.79 Å². The molecule has 0 radical (unpaired) electrons. The largest absolute Gasteiger partial charge is 0.482 e. The first-order valence-corrected chi connectivity index (χ1v) is 7.80. The second-order valence-corrected chi connectivity index (χ2v) is 5.54. The fourth-order valence-electron chi connectivity index (χ4n) is 2.37. The average molecular weight is 370 g/mol. The van der Waals surface area contributed by atoms with Crippen LogP contribution in [0.15, 0.2) is 52.7 Å². The van der Waals surface area contributed by atoms with E-state index in [2.05, 4.69) is 5.32 Å². The van der Waals surface area contributed by atoms with Gasteiger partial charge in [0.05, 0.1) is 12.8 Å². The molecule has 0 saturated carbocycles. The van der Waals surface area contributed by atoms with Crippen molar-refractivity contribution in [1.82, 2.24) is 10.2 Å². The first kappa shape index (κ1) is 17.9. The normalized spacial score (nSPS) is 15.8. The lowest BCUT2D eigenvalue weighted by atomic mass is 10.1. The third-order valence-corrected chi connectivity index (χ3v) is 3.63. The Morgan fingerprint density at radius 3 is 2.56 bits per heavy atom. The van der Waals surface area contributed by atoms with Gasteiger partial charge in [0.25, 0.3) is 11.8 Å². The number of imide groups is 2. The van der Waals surface area contributed by atoms with Gasteiger partial charge in [-0.2, -0.15) is 0 Å². The zero-order valence-electron chi connectivity index (χ0n) is 13.9. The topological polar surface area (TPSA) is 126 Å². The van der Waals surface area contributed by atoms with E-state index in [0.29, 0.717) is 17.1 Å². The van der Waals surface area contributed by atoms with Crippen LogP contribution in [-0.4, -0.2) is 40.4 Å². The summed E-state index contributed by atoms with van der Waals surface area (Å²) in [7, 11) is 0. The zero-order valence-corrected chi connectivity index (χ0v) is 13.9. The Morgan fingerprint density at radius 1 is 1.19 bits per heavy atom. The van der Waals surface area contributed by atoms with Crippen LogP contribution < -0.4 is 10.1 Å². The summed E-state index contributed by atoms with van der Waals surface area (Å²) in [4.78, 5) is 47.9. The highest BCUT2D eigenvalue weighted by molar-refractivity contribution is 6.30. The molecule has 1 aromatic heterocycles. The Bertz CT molecular complexity index is 914. The summed E-state index contributed by atoms with van der Waals surface area (Å²) in [6.45, 7) is -0.588. The van der Waals surface area contributed by atoms with E-state index in [4.69, 9.17) is 14.3 Å². The minimum atomic E-state index is -1.10. The van der Waals surface area contributed by atoms with Gasteiger partial charge < -0.3 is 14.3 Å². The lowest BCUT2D eigenvalue weighted by molar-refractivity contribution is -0.139. The fraction of sp³-hybridized carbons (Fsp3) is 0.111. The average Bonchev–Trinajstić information content (AvgIpc) is 3.14. The summed E-state index contributed by atoms with van der Waals surface area (Å²) in [6.07, 6.45) is 2.75. The van der Waals surface area contributed by atoms with Crippen LogP contribution in [0.5, 0.6) is 5.75 Å². The monoisotopic (exact) mass is 370 g/mol. The van der Waals surface area contributed by atoms with Gasteiger partial charge in [-0.1, -0.05) is 12.1 Å². The predicted molar refractivity (Wildman–Crippen MR) is 90.3 cm³/mol. The number of nitrogens with zero attached hydrogens (tertiary/aromatic N) is 1. The predicted octanol–water partition coefficient (Wildman–Crippen LogP) is 1.41. The fourth-order valence-corrected chi connectivity index (χ4v) is 2.37. The molecule has 1 saturated heterocycles. The number of urea groups is 1. The second kappa shape index (κ2) is 7.56. The minimum absolute atomic E-state index is 0.107. The molecule has 0 atom stereocenters. The van der Waals surface area contributed by atoms with Gasteiger partial charge in [0.1, 0.15) is 17.1 Å². The molecule has 138 valence electrons. The SMILES string of the molecule is O=C(O)COc1ccc(/C=C2\C(=O)NC(=O)N(Cc3ccco3)C2=O)cc1. The van der Waals surface area contributed by atoms with Crippen molar-refractivity contribution in [2.24, 2.45) is 0 Å². The molecule has 0 spiro atoms. The van der Waals surface area contributed by atoms with E-state index in [1.807, 2.05) is 0 Å². The van der Waals surface area contributed by atoms with Gasteiger partial charge in [0.2, 0.25) is 0 Å². The summed E-state index contributed by atoms with van der Waals surface area (Å²) >= 11 is 0. The smallest absolute Gasteiger partial charge is 0.341 e. The standard InChI is InChI=1S/C18H14N2O7/c21-15(22)10-27-12-5-3-11(4-6-12)8-14-16(23)19-18(25)20(17(14)24)9-13-2-1-7-26-13/h1-8H,9-10H2,(H,21,22)(H,19,23,25)/b14-8+. The van der Waals surface area contributed by atoms with Crippen molar-refractivity contribution < 1.29 is 33.4 Å². The highest BCUT2D eigenvalue weighted by Gasteiger charge is 2.36. The van der Waals surface area contributed by atoms with Crippen molar-refractivity contribution in [1.29, 1.82) is 0 Å². The zero-order chi connectivity index (χ0) is 19.4. The molecule has 0 unspecified atom stereocenters. The quantitative estimate of drug-likeness (QED) is 0.581. The molecule has 1 aromatic carbocycles. The molecular formula is C18H14N2O7. The van der Waals surface area contributed by atoms with Crippen molar-refractivity contribution >= 4 is 29.9 Å². The van der Waals surface area contributed by atoms with Crippen LogP contribution in [0.1, 0.15) is 11.3 Å².